The molecule has 7 heteroatoms. The fraction of sp³-hybridized carbons (Fsp3) is 0.273. The molecule has 2 aliphatic heterocycles. The van der Waals surface area contributed by atoms with E-state index in [-0.39, 0.29) is 18.2 Å². The third kappa shape index (κ3) is 3.64. The number of rotatable bonds is 4. The van der Waals surface area contributed by atoms with Crippen molar-refractivity contribution in [3.8, 4) is 10.6 Å². The Morgan fingerprint density at radius 1 is 1.21 bits per heavy atom. The number of ether oxygens (including phenoxy) is 1. The first-order chi connectivity index (χ1) is 14.2. The molecule has 1 saturated heterocycles. The van der Waals surface area contributed by atoms with Gasteiger partial charge in [-0.3, -0.25) is 4.79 Å². The van der Waals surface area contributed by atoms with E-state index in [0.717, 1.165) is 41.4 Å². The Bertz CT molecular complexity index is 1030. The van der Waals surface area contributed by atoms with Crippen LogP contribution in [-0.4, -0.2) is 35.0 Å². The third-order valence-corrected chi connectivity index (χ3v) is 6.50. The topological polar surface area (TPSA) is 54.5 Å². The number of hydrogen-bond acceptors (Lipinski definition) is 5. The molecule has 0 unspecified atom stereocenters. The number of aromatic nitrogens is 1. The maximum atomic E-state index is 13.3. The van der Waals surface area contributed by atoms with Crippen LogP contribution in [0.4, 0.5) is 5.69 Å². The maximum absolute atomic E-state index is 13.3. The molecule has 0 saturated carbocycles. The van der Waals surface area contributed by atoms with Gasteiger partial charge in [0, 0.05) is 34.8 Å². The smallest absolute Gasteiger partial charge is 0.257 e. The van der Waals surface area contributed by atoms with Crippen LogP contribution in [0, 0.1) is 0 Å². The van der Waals surface area contributed by atoms with Crippen molar-refractivity contribution < 1.29 is 9.53 Å². The van der Waals surface area contributed by atoms with E-state index >= 15 is 0 Å². The minimum Gasteiger partial charge on any atom is -0.376 e. The summed E-state index contributed by atoms with van der Waals surface area (Å²) >= 11 is 7.57. The Balaban J connectivity index is 1.49. The van der Waals surface area contributed by atoms with Gasteiger partial charge >= 0.3 is 0 Å². The molecule has 1 amide bonds. The van der Waals surface area contributed by atoms with Crippen LogP contribution < -0.4 is 5.32 Å². The van der Waals surface area contributed by atoms with E-state index in [9.17, 15) is 4.79 Å². The van der Waals surface area contributed by atoms with Crippen molar-refractivity contribution in [2.45, 2.75) is 25.1 Å². The zero-order chi connectivity index (χ0) is 19.8. The van der Waals surface area contributed by atoms with E-state index < -0.39 is 0 Å². The number of benzene rings is 2. The molecule has 3 heterocycles. The van der Waals surface area contributed by atoms with Gasteiger partial charge in [-0.25, -0.2) is 4.98 Å². The number of fused-ring (bicyclic) bond motifs is 1. The average molecular weight is 426 g/mol. The van der Waals surface area contributed by atoms with Crippen molar-refractivity contribution in [3.05, 3.63) is 70.2 Å². The molecule has 0 aliphatic carbocycles. The standard InChI is InChI=1S/C22H20ClN3O2S/c23-15-9-7-14(8-10-15)21-25-19(13-29-21)20-24-18-6-2-1-5-17(18)22(27)26(20)12-16-4-3-11-28-16/h1-2,5-10,13,16,20,24H,3-4,11-12H2/t16-,20+/m0/s1. The Labute approximate surface area is 178 Å². The Kier molecular flexibility index (Phi) is 4.99. The van der Waals surface area contributed by atoms with Crippen LogP contribution in [0.1, 0.15) is 35.1 Å². The lowest BCUT2D eigenvalue weighted by molar-refractivity contribution is 0.0423. The largest absolute Gasteiger partial charge is 0.376 e. The molecule has 0 radical (unpaired) electrons. The summed E-state index contributed by atoms with van der Waals surface area (Å²) in [6.07, 6.45) is 1.77. The highest BCUT2D eigenvalue weighted by Gasteiger charge is 2.36. The monoisotopic (exact) mass is 425 g/mol. The van der Waals surface area contributed by atoms with Crippen molar-refractivity contribution in [2.75, 3.05) is 18.5 Å². The summed E-state index contributed by atoms with van der Waals surface area (Å²) in [6, 6.07) is 15.3. The molecule has 29 heavy (non-hydrogen) atoms. The van der Waals surface area contributed by atoms with E-state index in [1.807, 2.05) is 58.8 Å². The lowest BCUT2D eigenvalue weighted by Crippen LogP contribution is -2.46. The molecule has 1 fully saturated rings. The zero-order valence-corrected chi connectivity index (χ0v) is 17.2. The van der Waals surface area contributed by atoms with Gasteiger partial charge in [0.15, 0.2) is 0 Å². The fourth-order valence-electron chi connectivity index (χ4n) is 3.86. The van der Waals surface area contributed by atoms with Crippen molar-refractivity contribution in [1.29, 1.82) is 0 Å². The SMILES string of the molecule is O=C1c2ccccc2N[C@@H](c2csc(-c3ccc(Cl)cc3)n2)N1C[C@@H]1CCCO1. The van der Waals surface area contributed by atoms with E-state index in [0.29, 0.717) is 17.1 Å². The van der Waals surface area contributed by atoms with Crippen molar-refractivity contribution >= 4 is 34.5 Å². The predicted molar refractivity (Wildman–Crippen MR) is 115 cm³/mol. The van der Waals surface area contributed by atoms with Gasteiger partial charge in [-0.1, -0.05) is 35.9 Å². The van der Waals surface area contributed by atoms with Gasteiger partial charge < -0.3 is 15.0 Å². The molecule has 0 bridgehead atoms. The Hall–Kier alpha value is -2.41. The molecule has 2 aromatic carbocycles. The van der Waals surface area contributed by atoms with E-state index in [2.05, 4.69) is 5.32 Å². The van der Waals surface area contributed by atoms with Gasteiger partial charge in [0.25, 0.3) is 5.91 Å². The van der Waals surface area contributed by atoms with Crippen LogP contribution in [-0.2, 0) is 4.74 Å². The molecule has 2 aliphatic rings. The quantitative estimate of drug-likeness (QED) is 0.623. The summed E-state index contributed by atoms with van der Waals surface area (Å²) in [6.45, 7) is 1.32. The fourth-order valence-corrected chi connectivity index (χ4v) is 4.83. The van der Waals surface area contributed by atoms with E-state index in [1.54, 1.807) is 11.3 Å². The summed E-state index contributed by atoms with van der Waals surface area (Å²) < 4.78 is 5.81. The lowest BCUT2D eigenvalue weighted by atomic mass is 10.1. The third-order valence-electron chi connectivity index (χ3n) is 5.34. The molecule has 2 atom stereocenters. The first-order valence-corrected chi connectivity index (χ1v) is 10.9. The number of carbonyl (C=O) groups is 1. The normalized spacial score (nSPS) is 21.1. The zero-order valence-electron chi connectivity index (χ0n) is 15.7. The predicted octanol–water partition coefficient (Wildman–Crippen LogP) is 5.21. The number of nitrogens with one attached hydrogen (secondary N) is 1. The molecule has 3 aromatic rings. The highest BCUT2D eigenvalue weighted by atomic mass is 35.5. The van der Waals surface area contributed by atoms with Crippen molar-refractivity contribution in [3.63, 3.8) is 0 Å². The van der Waals surface area contributed by atoms with Crippen LogP contribution >= 0.6 is 22.9 Å². The van der Waals surface area contributed by atoms with Crippen molar-refractivity contribution in [2.24, 2.45) is 0 Å². The second-order valence-electron chi connectivity index (χ2n) is 7.27. The molecule has 5 rings (SSSR count). The molecular weight excluding hydrogens is 406 g/mol. The average Bonchev–Trinajstić information content (AvgIpc) is 3.43. The summed E-state index contributed by atoms with van der Waals surface area (Å²) in [7, 11) is 0. The number of carbonyl (C=O) groups excluding carboxylic acids is 1. The lowest BCUT2D eigenvalue weighted by Gasteiger charge is -2.38. The van der Waals surface area contributed by atoms with Gasteiger partial charge in [-0.15, -0.1) is 11.3 Å². The number of para-hydroxylation sites is 1. The van der Waals surface area contributed by atoms with E-state index in [4.69, 9.17) is 21.3 Å². The minimum atomic E-state index is -0.320. The minimum absolute atomic E-state index is 0.0147. The van der Waals surface area contributed by atoms with Crippen molar-refractivity contribution in [1.82, 2.24) is 9.88 Å². The van der Waals surface area contributed by atoms with Crippen LogP contribution in [0.15, 0.2) is 53.9 Å². The number of hydrogen-bond donors (Lipinski definition) is 1. The van der Waals surface area contributed by atoms with Gasteiger partial charge in [0.1, 0.15) is 11.2 Å². The van der Waals surface area contributed by atoms with E-state index in [1.165, 1.54) is 0 Å². The molecule has 5 nitrogen and oxygen atoms in total. The Morgan fingerprint density at radius 2 is 2.03 bits per heavy atom. The summed E-state index contributed by atoms with van der Waals surface area (Å²) in [4.78, 5) is 20.0. The first kappa shape index (κ1) is 18.6. The highest BCUT2D eigenvalue weighted by molar-refractivity contribution is 7.13. The van der Waals surface area contributed by atoms with Gasteiger partial charge in [-0.2, -0.15) is 0 Å². The Morgan fingerprint density at radius 3 is 2.83 bits per heavy atom. The number of nitrogens with zero attached hydrogens (tertiary/aromatic N) is 2. The number of amides is 1. The summed E-state index contributed by atoms with van der Waals surface area (Å²) in [5, 5.41) is 7.14. The highest BCUT2D eigenvalue weighted by Crippen LogP contribution is 2.36. The summed E-state index contributed by atoms with van der Waals surface area (Å²) in [5.41, 5.74) is 3.38. The second-order valence-corrected chi connectivity index (χ2v) is 8.56. The second kappa shape index (κ2) is 7.78. The summed E-state index contributed by atoms with van der Waals surface area (Å²) in [5.74, 6) is 0.0147. The van der Waals surface area contributed by atoms with Crippen LogP contribution in [0.3, 0.4) is 0 Å². The van der Waals surface area contributed by atoms with Gasteiger partial charge in [0.2, 0.25) is 0 Å². The number of anilines is 1. The number of halogens is 1. The molecule has 0 spiro atoms. The molecule has 148 valence electrons. The van der Waals surface area contributed by atoms with Crippen LogP contribution in [0.5, 0.6) is 0 Å². The van der Waals surface area contributed by atoms with Gasteiger partial charge in [0.05, 0.1) is 17.4 Å². The molecule has 1 aromatic heterocycles. The first-order valence-electron chi connectivity index (χ1n) is 9.68. The van der Waals surface area contributed by atoms with Crippen LogP contribution in [0.2, 0.25) is 5.02 Å². The van der Waals surface area contributed by atoms with Crippen LogP contribution in [0.25, 0.3) is 10.6 Å². The van der Waals surface area contributed by atoms with Gasteiger partial charge in [-0.05, 0) is 37.1 Å². The number of thiazole rings is 1. The maximum Gasteiger partial charge on any atom is 0.257 e. The molecular formula is C22H20ClN3O2S. The molecule has 1 N–H and O–H groups in total.